The van der Waals surface area contributed by atoms with E-state index in [1.54, 1.807) is 0 Å². The molecule has 0 aromatic rings. The van der Waals surface area contributed by atoms with E-state index >= 15 is 0 Å². The maximum absolute atomic E-state index is 12.3. The number of alkyl halides is 5. The van der Waals surface area contributed by atoms with Crippen molar-refractivity contribution < 1.29 is 17.6 Å². The molecule has 0 aromatic heterocycles. The second kappa shape index (κ2) is 3.95. The lowest BCUT2D eigenvalue weighted by molar-refractivity contribution is -0.149. The summed E-state index contributed by atoms with van der Waals surface area (Å²) >= 11 is 1.53. The monoisotopic (exact) mass is 249 g/mol. The molecule has 3 nitrogen and oxygen atoms in total. The second-order valence-electron chi connectivity index (χ2n) is 1.91. The minimum atomic E-state index is -4.26. The molecule has 0 rings (SSSR count). The average molecular weight is 250 g/mol. The molecule has 0 fully saturated rings. The standard InChI is InChI=1S/C4H4BrF4N3/c5-4(8,9)3(6,7)1-2-11-12-10/h1-2H2. The zero-order valence-corrected chi connectivity index (χ0v) is 7.23. The minimum absolute atomic E-state index is 0.662. The summed E-state index contributed by atoms with van der Waals surface area (Å²) < 4.78 is 48.5. The van der Waals surface area contributed by atoms with Crippen LogP contribution in [-0.4, -0.2) is 17.3 Å². The Morgan fingerprint density at radius 1 is 1.33 bits per heavy atom. The fraction of sp³-hybridized carbons (Fsp3) is 1.00. The van der Waals surface area contributed by atoms with Gasteiger partial charge in [-0.05, 0) is 21.5 Å². The largest absolute Gasteiger partial charge is 0.363 e. The van der Waals surface area contributed by atoms with Crippen molar-refractivity contribution in [3.63, 3.8) is 0 Å². The molecule has 70 valence electrons. The molecule has 12 heavy (non-hydrogen) atoms. The zero-order chi connectivity index (χ0) is 9.83. The summed E-state index contributed by atoms with van der Waals surface area (Å²) in [6, 6.07) is 0. The van der Waals surface area contributed by atoms with Crippen LogP contribution in [0.4, 0.5) is 17.6 Å². The van der Waals surface area contributed by atoms with Gasteiger partial charge in [-0.1, -0.05) is 5.11 Å². The lowest BCUT2D eigenvalue weighted by Gasteiger charge is -2.20. The Kier molecular flexibility index (Phi) is 3.79. The molecule has 0 saturated carbocycles. The molecule has 0 atom stereocenters. The first kappa shape index (κ1) is 11.5. The van der Waals surface area contributed by atoms with Crippen LogP contribution in [0, 0.1) is 0 Å². The van der Waals surface area contributed by atoms with Gasteiger partial charge in [-0.15, -0.1) is 0 Å². The van der Waals surface area contributed by atoms with Crippen LogP contribution >= 0.6 is 15.9 Å². The zero-order valence-electron chi connectivity index (χ0n) is 5.65. The summed E-state index contributed by atoms with van der Waals surface area (Å²) in [6.45, 7) is -0.662. The molecule has 0 aliphatic rings. The van der Waals surface area contributed by atoms with Crippen LogP contribution in [0.3, 0.4) is 0 Å². The summed E-state index contributed by atoms with van der Waals surface area (Å²) in [5.41, 5.74) is 7.68. The van der Waals surface area contributed by atoms with E-state index < -0.39 is 23.7 Å². The molecular weight excluding hydrogens is 246 g/mol. The second-order valence-corrected chi connectivity index (χ2v) is 2.90. The van der Waals surface area contributed by atoms with Crippen LogP contribution in [0.15, 0.2) is 5.11 Å². The topological polar surface area (TPSA) is 48.8 Å². The smallest absolute Gasteiger partial charge is 0.199 e. The highest BCUT2D eigenvalue weighted by Gasteiger charge is 2.53. The van der Waals surface area contributed by atoms with Crippen LogP contribution in [-0.2, 0) is 0 Å². The third-order valence-electron chi connectivity index (χ3n) is 1.00. The van der Waals surface area contributed by atoms with Gasteiger partial charge >= 0.3 is 10.8 Å². The molecule has 0 aliphatic heterocycles. The molecule has 0 aromatic carbocycles. The number of hydrogen-bond donors (Lipinski definition) is 0. The molecular formula is C4H4BrF4N3. The van der Waals surface area contributed by atoms with Crippen LogP contribution in [0.1, 0.15) is 6.42 Å². The first-order valence-electron chi connectivity index (χ1n) is 2.76. The molecule has 0 radical (unpaired) electrons. The molecule has 0 unspecified atom stereocenters. The van der Waals surface area contributed by atoms with E-state index in [0.717, 1.165) is 0 Å². The highest BCUT2D eigenvalue weighted by atomic mass is 79.9. The Bertz CT molecular complexity index is 195. The van der Waals surface area contributed by atoms with Crippen molar-refractivity contribution in [3.05, 3.63) is 10.4 Å². The van der Waals surface area contributed by atoms with Crippen molar-refractivity contribution in [1.29, 1.82) is 0 Å². The number of nitrogens with zero attached hydrogens (tertiary/aromatic N) is 3. The van der Waals surface area contributed by atoms with E-state index in [1.165, 1.54) is 15.9 Å². The Labute approximate surface area is 73.5 Å². The minimum Gasteiger partial charge on any atom is -0.199 e. The molecule has 0 amide bonds. The van der Waals surface area contributed by atoms with Gasteiger partial charge in [0.2, 0.25) is 0 Å². The van der Waals surface area contributed by atoms with E-state index in [2.05, 4.69) is 10.0 Å². The predicted molar refractivity (Wildman–Crippen MR) is 37.5 cm³/mol. The third kappa shape index (κ3) is 3.27. The number of hydrogen-bond acceptors (Lipinski definition) is 1. The van der Waals surface area contributed by atoms with Gasteiger partial charge in [0.05, 0.1) is 0 Å². The fourth-order valence-corrected chi connectivity index (χ4v) is 0.575. The summed E-state index contributed by atoms with van der Waals surface area (Å²) in [4.78, 5) is -2.11. The Balaban J connectivity index is 4.13. The lowest BCUT2D eigenvalue weighted by Crippen LogP contribution is -2.35. The predicted octanol–water partition coefficient (Wildman–Crippen LogP) is 3.31. The van der Waals surface area contributed by atoms with E-state index in [9.17, 15) is 17.6 Å². The molecule has 0 bridgehead atoms. The third-order valence-corrected chi connectivity index (χ3v) is 1.58. The summed E-state index contributed by atoms with van der Waals surface area (Å²) in [6.07, 6.45) is -1.19. The van der Waals surface area contributed by atoms with E-state index in [0.29, 0.717) is 0 Å². The lowest BCUT2D eigenvalue weighted by atomic mass is 10.2. The van der Waals surface area contributed by atoms with Crippen molar-refractivity contribution in [2.45, 2.75) is 17.2 Å². The van der Waals surface area contributed by atoms with Crippen molar-refractivity contribution >= 4 is 15.9 Å². The van der Waals surface area contributed by atoms with Gasteiger partial charge in [-0.2, -0.15) is 17.6 Å². The molecule has 0 spiro atoms. The van der Waals surface area contributed by atoms with Crippen molar-refractivity contribution in [2.24, 2.45) is 5.11 Å². The fourth-order valence-electron chi connectivity index (χ4n) is 0.377. The van der Waals surface area contributed by atoms with Gasteiger partial charge in [0.15, 0.2) is 0 Å². The first-order chi connectivity index (χ1) is 5.31. The van der Waals surface area contributed by atoms with Crippen molar-refractivity contribution in [1.82, 2.24) is 0 Å². The molecule has 8 heteroatoms. The van der Waals surface area contributed by atoms with Crippen LogP contribution in [0.5, 0.6) is 0 Å². The summed E-state index contributed by atoms with van der Waals surface area (Å²) in [7, 11) is 0. The number of halogens is 5. The highest BCUT2D eigenvalue weighted by molar-refractivity contribution is 9.10. The van der Waals surface area contributed by atoms with E-state index in [-0.39, 0.29) is 0 Å². The molecule has 0 saturated heterocycles. The maximum atomic E-state index is 12.3. The van der Waals surface area contributed by atoms with Gasteiger partial charge in [-0.3, -0.25) is 0 Å². The van der Waals surface area contributed by atoms with Crippen LogP contribution in [0.25, 0.3) is 10.4 Å². The summed E-state index contributed by atoms with van der Waals surface area (Å²) in [5.74, 6) is -4.19. The SMILES string of the molecule is [N-]=[N+]=NCCC(F)(F)C(F)(F)Br. The number of rotatable bonds is 4. The van der Waals surface area contributed by atoms with Gasteiger partial charge in [0.1, 0.15) is 0 Å². The Morgan fingerprint density at radius 2 is 1.83 bits per heavy atom. The van der Waals surface area contributed by atoms with Crippen molar-refractivity contribution in [3.8, 4) is 0 Å². The number of azide groups is 1. The Hall–Kier alpha value is -0.490. The first-order valence-corrected chi connectivity index (χ1v) is 3.56. The van der Waals surface area contributed by atoms with Crippen LogP contribution in [0.2, 0.25) is 0 Å². The average Bonchev–Trinajstić information content (AvgIpc) is 1.85. The van der Waals surface area contributed by atoms with Gasteiger partial charge in [0, 0.05) is 17.9 Å². The Morgan fingerprint density at radius 3 is 2.17 bits per heavy atom. The maximum Gasteiger partial charge on any atom is 0.363 e. The normalized spacial score (nSPS) is 12.4. The summed E-state index contributed by atoms with van der Waals surface area (Å²) in [5, 5.41) is 2.72. The highest BCUT2D eigenvalue weighted by Crippen LogP contribution is 2.41. The molecule has 0 N–H and O–H groups in total. The van der Waals surface area contributed by atoms with Gasteiger partial charge < -0.3 is 0 Å². The van der Waals surface area contributed by atoms with Gasteiger partial charge in [-0.25, -0.2) is 0 Å². The van der Waals surface area contributed by atoms with Gasteiger partial charge in [0.25, 0.3) is 0 Å². The molecule has 0 heterocycles. The van der Waals surface area contributed by atoms with Crippen LogP contribution < -0.4 is 0 Å². The van der Waals surface area contributed by atoms with E-state index in [1.807, 2.05) is 0 Å². The molecule has 0 aliphatic carbocycles. The van der Waals surface area contributed by atoms with Crippen molar-refractivity contribution in [2.75, 3.05) is 6.54 Å². The quantitative estimate of drug-likeness (QED) is 0.241. The van der Waals surface area contributed by atoms with E-state index in [4.69, 9.17) is 5.53 Å².